The van der Waals surface area contributed by atoms with Crippen LogP contribution in [0.1, 0.15) is 33.3 Å². The number of rotatable bonds is 5. The fraction of sp³-hybridized carbons (Fsp3) is 0.267. The summed E-state index contributed by atoms with van der Waals surface area (Å²) in [5, 5.41) is 5.28. The second-order valence-corrected chi connectivity index (χ2v) is 5.88. The number of nitrogens with one attached hydrogen (secondary N) is 1. The minimum atomic E-state index is -0.131. The van der Waals surface area contributed by atoms with E-state index in [4.69, 9.17) is 17.3 Å². The zero-order valence-electron chi connectivity index (χ0n) is 11.2. The molecule has 0 bridgehead atoms. The highest BCUT2D eigenvalue weighted by atomic mass is 35.5. The molecular formula is C15H17ClN2OS. The van der Waals surface area contributed by atoms with Crippen LogP contribution < -0.4 is 11.1 Å². The first-order valence-electron chi connectivity index (χ1n) is 6.42. The van der Waals surface area contributed by atoms with Crippen molar-refractivity contribution in [2.45, 2.75) is 19.4 Å². The summed E-state index contributed by atoms with van der Waals surface area (Å²) in [7, 11) is 0. The van der Waals surface area contributed by atoms with Crippen molar-refractivity contribution in [2.75, 3.05) is 6.54 Å². The van der Waals surface area contributed by atoms with E-state index >= 15 is 0 Å². The fourth-order valence-electron chi connectivity index (χ4n) is 1.87. The third-order valence-electron chi connectivity index (χ3n) is 3.07. The number of hydrogen-bond acceptors (Lipinski definition) is 3. The van der Waals surface area contributed by atoms with E-state index in [9.17, 15) is 4.79 Å². The van der Waals surface area contributed by atoms with Crippen LogP contribution in [-0.4, -0.2) is 12.5 Å². The number of thiophene rings is 1. The van der Waals surface area contributed by atoms with E-state index in [1.807, 2.05) is 42.6 Å². The van der Waals surface area contributed by atoms with Crippen LogP contribution in [0.5, 0.6) is 0 Å². The molecule has 1 amide bonds. The van der Waals surface area contributed by atoms with E-state index in [0.29, 0.717) is 22.9 Å². The first-order valence-corrected chi connectivity index (χ1v) is 7.67. The summed E-state index contributed by atoms with van der Waals surface area (Å²) in [5.74, 6) is -0.131. The first kappa shape index (κ1) is 15.0. The molecule has 1 unspecified atom stereocenters. The Labute approximate surface area is 127 Å². The summed E-state index contributed by atoms with van der Waals surface area (Å²) < 4.78 is 0. The number of carbonyl (C=O) groups is 1. The largest absolute Gasteiger partial charge is 0.351 e. The van der Waals surface area contributed by atoms with Gasteiger partial charge in [0.1, 0.15) is 4.88 Å². The third-order valence-corrected chi connectivity index (χ3v) is 4.77. The number of nitrogens with two attached hydrogens (primary N) is 1. The van der Waals surface area contributed by atoms with Crippen molar-refractivity contribution in [1.29, 1.82) is 0 Å². The number of carbonyl (C=O) groups excluding carboxylic acids is 1. The predicted molar refractivity (Wildman–Crippen MR) is 84.4 cm³/mol. The Hall–Kier alpha value is -1.36. The lowest BCUT2D eigenvalue weighted by Gasteiger charge is -2.12. The van der Waals surface area contributed by atoms with Crippen LogP contribution >= 0.6 is 22.9 Å². The van der Waals surface area contributed by atoms with Gasteiger partial charge in [-0.2, -0.15) is 0 Å². The molecule has 0 saturated carbocycles. The average Bonchev–Trinajstić information content (AvgIpc) is 2.80. The molecule has 106 valence electrons. The van der Waals surface area contributed by atoms with Gasteiger partial charge in [-0.05, 0) is 29.9 Å². The van der Waals surface area contributed by atoms with Gasteiger partial charge < -0.3 is 11.1 Å². The van der Waals surface area contributed by atoms with Crippen LogP contribution in [0.25, 0.3) is 0 Å². The molecule has 0 spiro atoms. The van der Waals surface area contributed by atoms with Crippen LogP contribution in [0, 0.1) is 6.92 Å². The molecule has 20 heavy (non-hydrogen) atoms. The molecule has 1 heterocycles. The van der Waals surface area contributed by atoms with Crippen LogP contribution in [0.3, 0.4) is 0 Å². The minimum absolute atomic E-state index is 0.0722. The van der Waals surface area contributed by atoms with E-state index in [1.54, 1.807) is 0 Å². The minimum Gasteiger partial charge on any atom is -0.351 e. The lowest BCUT2D eigenvalue weighted by molar-refractivity contribution is 0.0956. The van der Waals surface area contributed by atoms with E-state index in [0.717, 1.165) is 11.1 Å². The van der Waals surface area contributed by atoms with Gasteiger partial charge in [-0.1, -0.05) is 41.9 Å². The van der Waals surface area contributed by atoms with E-state index < -0.39 is 0 Å². The van der Waals surface area contributed by atoms with Crippen LogP contribution in [-0.2, 0) is 0 Å². The quantitative estimate of drug-likeness (QED) is 0.888. The summed E-state index contributed by atoms with van der Waals surface area (Å²) >= 11 is 7.43. The topological polar surface area (TPSA) is 55.1 Å². The Bertz CT molecular complexity index is 583. The molecule has 5 heteroatoms. The van der Waals surface area contributed by atoms with Gasteiger partial charge in [-0.3, -0.25) is 4.79 Å². The number of halogens is 1. The lowest BCUT2D eigenvalue weighted by atomic mass is 10.1. The second-order valence-electron chi connectivity index (χ2n) is 4.62. The van der Waals surface area contributed by atoms with Crippen molar-refractivity contribution in [3.63, 3.8) is 0 Å². The number of amides is 1. The van der Waals surface area contributed by atoms with Gasteiger partial charge in [0, 0.05) is 12.6 Å². The van der Waals surface area contributed by atoms with Gasteiger partial charge in [-0.15, -0.1) is 11.3 Å². The van der Waals surface area contributed by atoms with Gasteiger partial charge in [0.05, 0.1) is 5.02 Å². The fourth-order valence-corrected chi connectivity index (χ4v) is 3.07. The summed E-state index contributed by atoms with van der Waals surface area (Å²) in [6.45, 7) is 2.42. The van der Waals surface area contributed by atoms with E-state index in [2.05, 4.69) is 5.32 Å². The maximum atomic E-state index is 12.0. The van der Waals surface area contributed by atoms with Gasteiger partial charge in [-0.25, -0.2) is 0 Å². The second kappa shape index (κ2) is 6.88. The predicted octanol–water partition coefficient (Wildman–Crippen LogP) is 3.53. The van der Waals surface area contributed by atoms with E-state index in [-0.39, 0.29) is 11.9 Å². The molecule has 1 aromatic carbocycles. The third kappa shape index (κ3) is 3.60. The Morgan fingerprint density at radius 1 is 1.40 bits per heavy atom. The molecule has 0 radical (unpaired) electrons. The zero-order valence-corrected chi connectivity index (χ0v) is 12.8. The van der Waals surface area contributed by atoms with Gasteiger partial charge >= 0.3 is 0 Å². The lowest BCUT2D eigenvalue weighted by Crippen LogP contribution is -2.26. The van der Waals surface area contributed by atoms with Crippen LogP contribution in [0.15, 0.2) is 35.7 Å². The molecule has 0 aliphatic carbocycles. The standard InChI is InChI=1S/C15H17ClN2OS/c1-10-9-20-14(13(10)16)15(19)18-8-7-12(17)11-5-3-2-4-6-11/h2-6,9,12H,7-8,17H2,1H3,(H,18,19). The monoisotopic (exact) mass is 308 g/mol. The van der Waals surface area contributed by atoms with Gasteiger partial charge in [0.25, 0.3) is 5.91 Å². The summed E-state index contributed by atoms with van der Waals surface area (Å²) in [4.78, 5) is 12.5. The molecular weight excluding hydrogens is 292 g/mol. The molecule has 1 aromatic heterocycles. The normalized spacial score (nSPS) is 12.2. The van der Waals surface area contributed by atoms with Crippen molar-refractivity contribution in [1.82, 2.24) is 5.32 Å². The molecule has 2 aromatic rings. The Morgan fingerprint density at radius 3 is 2.70 bits per heavy atom. The number of benzene rings is 1. The maximum absolute atomic E-state index is 12.0. The molecule has 0 aliphatic rings. The Kier molecular flexibility index (Phi) is 5.17. The highest BCUT2D eigenvalue weighted by Gasteiger charge is 2.14. The Balaban J connectivity index is 1.84. The molecule has 3 nitrogen and oxygen atoms in total. The van der Waals surface area contributed by atoms with Crippen molar-refractivity contribution in [3.8, 4) is 0 Å². The van der Waals surface area contributed by atoms with Crippen molar-refractivity contribution in [2.24, 2.45) is 5.73 Å². The molecule has 0 saturated heterocycles. The molecule has 0 aliphatic heterocycles. The summed E-state index contributed by atoms with van der Waals surface area (Å²) in [6.07, 6.45) is 0.692. The smallest absolute Gasteiger partial charge is 0.262 e. The van der Waals surface area contributed by atoms with Gasteiger partial charge in [0.15, 0.2) is 0 Å². The van der Waals surface area contributed by atoms with Crippen molar-refractivity contribution in [3.05, 3.63) is 56.7 Å². The SMILES string of the molecule is Cc1csc(C(=O)NCCC(N)c2ccccc2)c1Cl. The highest BCUT2D eigenvalue weighted by molar-refractivity contribution is 7.13. The Morgan fingerprint density at radius 2 is 2.10 bits per heavy atom. The van der Waals surface area contributed by atoms with E-state index in [1.165, 1.54) is 11.3 Å². The molecule has 3 N–H and O–H groups in total. The maximum Gasteiger partial charge on any atom is 0.262 e. The highest BCUT2D eigenvalue weighted by Crippen LogP contribution is 2.26. The van der Waals surface area contributed by atoms with Gasteiger partial charge in [0.2, 0.25) is 0 Å². The van der Waals surface area contributed by atoms with Crippen molar-refractivity contribution < 1.29 is 4.79 Å². The molecule has 0 fully saturated rings. The molecule has 2 rings (SSSR count). The van der Waals surface area contributed by atoms with Crippen LogP contribution in [0.4, 0.5) is 0 Å². The van der Waals surface area contributed by atoms with Crippen molar-refractivity contribution >= 4 is 28.8 Å². The average molecular weight is 309 g/mol. The zero-order chi connectivity index (χ0) is 14.5. The first-order chi connectivity index (χ1) is 9.59. The molecule has 1 atom stereocenters. The number of aryl methyl sites for hydroxylation is 1. The summed E-state index contributed by atoms with van der Waals surface area (Å²) in [6, 6.07) is 9.79. The van der Waals surface area contributed by atoms with Crippen LogP contribution in [0.2, 0.25) is 5.02 Å². The summed E-state index contributed by atoms with van der Waals surface area (Å²) in [5.41, 5.74) is 8.09. The number of hydrogen-bond donors (Lipinski definition) is 2.